The molecule has 2 aromatic rings. The van der Waals surface area contributed by atoms with Crippen molar-refractivity contribution < 1.29 is 13.9 Å². The third-order valence-corrected chi connectivity index (χ3v) is 5.88. The van der Waals surface area contributed by atoms with E-state index in [-0.39, 0.29) is 17.0 Å². The van der Waals surface area contributed by atoms with Gasteiger partial charge in [0.25, 0.3) is 0 Å². The van der Waals surface area contributed by atoms with Gasteiger partial charge in [0.05, 0.1) is 13.8 Å². The number of hydrogen-bond acceptors (Lipinski definition) is 6. The second kappa shape index (κ2) is 8.81. The lowest BCUT2D eigenvalue weighted by molar-refractivity contribution is -0.140. The van der Waals surface area contributed by atoms with E-state index in [4.69, 9.17) is 17.0 Å². The molecule has 0 spiro atoms. The molecule has 0 radical (unpaired) electrons. The van der Waals surface area contributed by atoms with E-state index in [0.29, 0.717) is 30.4 Å². The third-order valence-electron chi connectivity index (χ3n) is 4.29. The summed E-state index contributed by atoms with van der Waals surface area (Å²) in [6.07, 6.45) is 1.75. The highest BCUT2D eigenvalue weighted by Gasteiger charge is 2.27. The van der Waals surface area contributed by atoms with Crippen molar-refractivity contribution in [2.24, 2.45) is 0 Å². The summed E-state index contributed by atoms with van der Waals surface area (Å²) in [5, 5.41) is 4.45. The molecule has 1 atom stereocenters. The van der Waals surface area contributed by atoms with Crippen molar-refractivity contribution in [3.8, 4) is 11.4 Å². The van der Waals surface area contributed by atoms with Crippen molar-refractivity contribution in [1.82, 2.24) is 19.2 Å². The molecule has 3 rings (SSSR count). The zero-order valence-electron chi connectivity index (χ0n) is 15.0. The van der Waals surface area contributed by atoms with E-state index in [1.165, 1.54) is 19.2 Å². The first-order chi connectivity index (χ1) is 13.0. The highest BCUT2D eigenvalue weighted by atomic mass is 32.2. The minimum Gasteiger partial charge on any atom is -0.468 e. The van der Waals surface area contributed by atoms with Crippen LogP contribution in [0.2, 0.25) is 0 Å². The van der Waals surface area contributed by atoms with Crippen LogP contribution in [0, 0.1) is 10.6 Å². The van der Waals surface area contributed by atoms with Crippen molar-refractivity contribution in [2.45, 2.75) is 18.5 Å². The zero-order valence-corrected chi connectivity index (χ0v) is 16.6. The minimum absolute atomic E-state index is 0.204. The Morgan fingerprint density at radius 2 is 2.22 bits per heavy atom. The molecular weight excluding hydrogens is 387 g/mol. The normalized spacial score (nSPS) is 17.6. The second-order valence-corrected chi connectivity index (χ2v) is 7.79. The van der Waals surface area contributed by atoms with Crippen molar-refractivity contribution in [2.75, 3.05) is 26.0 Å². The topological polar surface area (TPSA) is 52.3 Å². The summed E-state index contributed by atoms with van der Waals surface area (Å²) in [5.74, 6) is 0.991. The van der Waals surface area contributed by atoms with Crippen LogP contribution in [0.5, 0.6) is 0 Å². The van der Waals surface area contributed by atoms with E-state index in [9.17, 15) is 9.18 Å². The van der Waals surface area contributed by atoms with E-state index in [1.807, 2.05) is 4.57 Å². The van der Waals surface area contributed by atoms with Crippen molar-refractivity contribution in [1.29, 1.82) is 0 Å². The average molecular weight is 409 g/mol. The minimum atomic E-state index is -0.299. The number of rotatable bonds is 6. The van der Waals surface area contributed by atoms with Gasteiger partial charge < -0.3 is 4.74 Å². The molecule has 1 aromatic heterocycles. The molecule has 6 nitrogen and oxygen atoms in total. The Bertz CT molecular complexity index is 878. The monoisotopic (exact) mass is 408 g/mol. The molecule has 27 heavy (non-hydrogen) atoms. The van der Waals surface area contributed by atoms with Crippen molar-refractivity contribution in [3.05, 3.63) is 47.5 Å². The van der Waals surface area contributed by atoms with Gasteiger partial charge >= 0.3 is 5.97 Å². The molecule has 1 aliphatic heterocycles. The van der Waals surface area contributed by atoms with Gasteiger partial charge in [-0.25, -0.2) is 9.07 Å². The summed E-state index contributed by atoms with van der Waals surface area (Å²) in [4.78, 5) is 14.0. The summed E-state index contributed by atoms with van der Waals surface area (Å²) in [6.45, 7) is 6.18. The molecule has 9 heteroatoms. The molecule has 1 fully saturated rings. The molecule has 1 aromatic carbocycles. The van der Waals surface area contributed by atoms with Gasteiger partial charge in [-0.2, -0.15) is 5.10 Å². The SMILES string of the molecule is C=CCn1c(-c2ccc(F)cc2)nn(CN2CCS[C@@H](C(=O)OC)C2)c1=S. The highest BCUT2D eigenvalue weighted by molar-refractivity contribution is 8.00. The molecule has 0 N–H and O–H groups in total. The fourth-order valence-corrected chi connectivity index (χ4v) is 4.39. The molecule has 0 bridgehead atoms. The average Bonchev–Trinajstić information content (AvgIpc) is 2.98. The van der Waals surface area contributed by atoms with Crippen LogP contribution >= 0.6 is 24.0 Å². The standard InChI is InChI=1S/C18H21FN4O2S2/c1-3-8-22-16(13-4-6-14(19)7-5-13)20-23(18(22)26)12-21-9-10-27-15(11-21)17(24)25-2/h3-7,15H,1,8-12H2,2H3/t15-/m1/s1. The van der Waals surface area contributed by atoms with Crippen LogP contribution in [0.15, 0.2) is 36.9 Å². The molecule has 0 saturated carbocycles. The van der Waals surface area contributed by atoms with Gasteiger partial charge in [0.1, 0.15) is 11.1 Å². The predicted octanol–water partition coefficient (Wildman–Crippen LogP) is 2.95. The number of carbonyl (C=O) groups is 1. The fraction of sp³-hybridized carbons (Fsp3) is 0.389. The van der Waals surface area contributed by atoms with Gasteiger partial charge in [-0.15, -0.1) is 18.3 Å². The van der Waals surface area contributed by atoms with Crippen molar-refractivity contribution in [3.63, 3.8) is 0 Å². The molecule has 0 amide bonds. The fourth-order valence-electron chi connectivity index (χ4n) is 2.93. The first kappa shape index (κ1) is 19.8. The van der Waals surface area contributed by atoms with Gasteiger partial charge in [-0.1, -0.05) is 6.08 Å². The van der Waals surface area contributed by atoms with E-state index in [1.54, 1.807) is 34.7 Å². The van der Waals surface area contributed by atoms with E-state index < -0.39 is 0 Å². The highest BCUT2D eigenvalue weighted by Crippen LogP contribution is 2.22. The number of methoxy groups -OCH3 is 1. The van der Waals surface area contributed by atoms with Crippen LogP contribution in [0.3, 0.4) is 0 Å². The largest absolute Gasteiger partial charge is 0.468 e. The summed E-state index contributed by atoms with van der Waals surface area (Å²) in [7, 11) is 1.41. The summed E-state index contributed by atoms with van der Waals surface area (Å²) in [5.41, 5.74) is 0.782. The van der Waals surface area contributed by atoms with E-state index >= 15 is 0 Å². The number of allylic oxidation sites excluding steroid dienone is 1. The maximum Gasteiger partial charge on any atom is 0.320 e. The Balaban J connectivity index is 1.86. The summed E-state index contributed by atoms with van der Waals surface area (Å²) in [6, 6.07) is 6.17. The lowest BCUT2D eigenvalue weighted by Gasteiger charge is -2.30. The molecule has 0 aliphatic carbocycles. The van der Waals surface area contributed by atoms with Gasteiger partial charge in [0.2, 0.25) is 0 Å². The summed E-state index contributed by atoms with van der Waals surface area (Å²) < 4.78 is 22.3. The first-order valence-corrected chi connectivity index (χ1v) is 9.95. The van der Waals surface area contributed by atoms with Gasteiger partial charge in [0.15, 0.2) is 10.6 Å². The van der Waals surface area contributed by atoms with Gasteiger partial charge in [-0.3, -0.25) is 14.3 Å². The lowest BCUT2D eigenvalue weighted by atomic mass is 10.2. The van der Waals surface area contributed by atoms with E-state index in [0.717, 1.165) is 17.9 Å². The van der Waals surface area contributed by atoms with Crippen molar-refractivity contribution >= 4 is 29.9 Å². The van der Waals surface area contributed by atoms with E-state index in [2.05, 4.69) is 16.6 Å². The molecular formula is C18H21FN4O2S2. The number of ether oxygens (including phenoxy) is 1. The van der Waals surface area contributed by atoms with Crippen LogP contribution in [0.4, 0.5) is 4.39 Å². The quantitative estimate of drug-likeness (QED) is 0.416. The number of halogens is 1. The molecule has 0 unspecified atom stereocenters. The lowest BCUT2D eigenvalue weighted by Crippen LogP contribution is -2.42. The van der Waals surface area contributed by atoms with Gasteiger partial charge in [-0.05, 0) is 36.5 Å². The van der Waals surface area contributed by atoms with Crippen LogP contribution in [-0.4, -0.2) is 56.4 Å². The number of carbonyl (C=O) groups excluding carboxylic acids is 1. The molecule has 1 aliphatic rings. The number of aromatic nitrogens is 3. The Labute approximate surface area is 166 Å². The third kappa shape index (κ3) is 4.48. The maximum atomic E-state index is 13.3. The smallest absolute Gasteiger partial charge is 0.320 e. The Kier molecular flexibility index (Phi) is 6.46. The van der Waals surface area contributed by atoms with Crippen LogP contribution < -0.4 is 0 Å². The zero-order chi connectivity index (χ0) is 19.4. The maximum absolute atomic E-state index is 13.3. The second-order valence-electron chi connectivity index (χ2n) is 6.11. The number of nitrogens with zero attached hydrogens (tertiary/aromatic N) is 4. The van der Waals surface area contributed by atoms with Gasteiger partial charge in [0, 0.05) is 31.0 Å². The molecule has 1 saturated heterocycles. The molecule has 2 heterocycles. The molecule has 144 valence electrons. The van der Waals surface area contributed by atoms with Crippen LogP contribution in [0.25, 0.3) is 11.4 Å². The predicted molar refractivity (Wildman–Crippen MR) is 106 cm³/mol. The first-order valence-electron chi connectivity index (χ1n) is 8.49. The summed E-state index contributed by atoms with van der Waals surface area (Å²) >= 11 is 7.20. The van der Waals surface area contributed by atoms with Crippen LogP contribution in [0.1, 0.15) is 0 Å². The number of thioether (sulfide) groups is 1. The number of hydrogen-bond donors (Lipinski definition) is 0. The van der Waals surface area contributed by atoms with Crippen LogP contribution in [-0.2, 0) is 22.7 Å². The number of benzene rings is 1. The Morgan fingerprint density at radius 3 is 2.89 bits per heavy atom. The Morgan fingerprint density at radius 1 is 1.48 bits per heavy atom. The Hall–Kier alpha value is -1.97. The number of esters is 1.